The van der Waals surface area contributed by atoms with Crippen LogP contribution in [-0.4, -0.2) is 23.6 Å². The van der Waals surface area contributed by atoms with Gasteiger partial charge in [-0.2, -0.15) is 5.26 Å². The van der Waals surface area contributed by atoms with Crippen molar-refractivity contribution in [2.45, 2.75) is 45.9 Å². The summed E-state index contributed by atoms with van der Waals surface area (Å²) in [5.74, 6) is 0.0916. The Labute approximate surface area is 190 Å². The van der Waals surface area contributed by atoms with Gasteiger partial charge in [0.2, 0.25) is 0 Å². The van der Waals surface area contributed by atoms with Crippen molar-refractivity contribution in [2.75, 3.05) is 10.2 Å². The Morgan fingerprint density at radius 3 is 2.61 bits per heavy atom. The summed E-state index contributed by atoms with van der Waals surface area (Å²) in [5.41, 5.74) is 1.10. The summed E-state index contributed by atoms with van der Waals surface area (Å²) in [5, 5.41) is 16.1. The summed E-state index contributed by atoms with van der Waals surface area (Å²) in [6.45, 7) is 7.33. The van der Waals surface area contributed by atoms with Crippen LogP contribution < -0.4 is 20.3 Å². The van der Waals surface area contributed by atoms with Gasteiger partial charge in [-0.3, -0.25) is 4.79 Å². The molecule has 2 aromatic rings. The Hall–Kier alpha value is -2.95. The quantitative estimate of drug-likeness (QED) is 0.665. The largest absolute Gasteiger partial charge is 0.479 e. The first kappa shape index (κ1) is 22.7. The molecule has 0 aromatic heterocycles. The van der Waals surface area contributed by atoms with Gasteiger partial charge in [0.25, 0.3) is 5.91 Å². The highest BCUT2D eigenvalue weighted by Gasteiger charge is 2.33. The number of anilines is 2. The fourth-order valence-corrected chi connectivity index (χ4v) is 3.51. The highest BCUT2D eigenvalue weighted by molar-refractivity contribution is 6.33. The summed E-state index contributed by atoms with van der Waals surface area (Å²) in [4.78, 5) is 26.7. The molecule has 1 aliphatic rings. The van der Waals surface area contributed by atoms with E-state index in [1.165, 1.54) is 11.0 Å². The average Bonchev–Trinajstić information content (AvgIpc) is 2.66. The molecule has 0 fully saturated rings. The molecule has 0 aliphatic carbocycles. The van der Waals surface area contributed by atoms with Crippen molar-refractivity contribution in [3.05, 3.63) is 51.5 Å². The minimum atomic E-state index is -0.755. The third-order valence-corrected chi connectivity index (χ3v) is 5.10. The predicted molar refractivity (Wildman–Crippen MR) is 121 cm³/mol. The van der Waals surface area contributed by atoms with Gasteiger partial charge in [-0.05, 0) is 57.5 Å². The zero-order chi connectivity index (χ0) is 22.9. The van der Waals surface area contributed by atoms with Gasteiger partial charge in [0.1, 0.15) is 11.8 Å². The standard InChI is InChI=1S/C22H22Cl2N4O3/c1-12-20(29)28(11-14-7-15(23)5-6-16(14)24)18-8-13(10-25)17(9-19(18)31-12)26-21(30)27-22(2,3)4/h5-9,12H,11H2,1-4H3,(H2,26,27,30)/t12-/m1/s1. The minimum absolute atomic E-state index is 0.154. The number of carbonyl (C=O) groups is 2. The fraction of sp³-hybridized carbons (Fsp3) is 0.318. The van der Waals surface area contributed by atoms with Gasteiger partial charge >= 0.3 is 6.03 Å². The zero-order valence-electron chi connectivity index (χ0n) is 17.5. The lowest BCUT2D eigenvalue weighted by molar-refractivity contribution is -0.125. The number of urea groups is 1. The van der Waals surface area contributed by atoms with Gasteiger partial charge in [0, 0.05) is 21.7 Å². The molecule has 0 bridgehead atoms. The van der Waals surface area contributed by atoms with E-state index in [1.54, 1.807) is 31.2 Å². The van der Waals surface area contributed by atoms with Gasteiger partial charge in [0.05, 0.1) is 23.5 Å². The first-order valence-corrected chi connectivity index (χ1v) is 10.3. The van der Waals surface area contributed by atoms with Crippen LogP contribution >= 0.6 is 23.2 Å². The number of hydrogen-bond donors (Lipinski definition) is 2. The number of carbonyl (C=O) groups excluding carboxylic acids is 2. The molecule has 0 unspecified atom stereocenters. The highest BCUT2D eigenvalue weighted by atomic mass is 35.5. The number of halogens is 2. The second-order valence-electron chi connectivity index (χ2n) is 8.23. The third kappa shape index (κ3) is 5.22. The SMILES string of the molecule is C[C@H]1Oc2cc(NC(=O)NC(C)(C)C)c(C#N)cc2N(Cc2cc(Cl)ccc2Cl)C1=O. The van der Waals surface area contributed by atoms with Crippen LogP contribution in [0.25, 0.3) is 0 Å². The maximum absolute atomic E-state index is 12.9. The lowest BCUT2D eigenvalue weighted by atomic mass is 10.1. The first-order valence-electron chi connectivity index (χ1n) is 9.58. The van der Waals surface area contributed by atoms with Gasteiger partial charge < -0.3 is 20.3 Å². The smallest absolute Gasteiger partial charge is 0.319 e. The van der Waals surface area contributed by atoms with E-state index in [9.17, 15) is 14.9 Å². The van der Waals surface area contributed by atoms with Crippen molar-refractivity contribution in [3.8, 4) is 11.8 Å². The number of rotatable bonds is 3. The van der Waals surface area contributed by atoms with E-state index >= 15 is 0 Å². The molecule has 0 saturated carbocycles. The van der Waals surface area contributed by atoms with Crippen molar-refractivity contribution < 1.29 is 14.3 Å². The Balaban J connectivity index is 2.00. The maximum Gasteiger partial charge on any atom is 0.319 e. The first-order chi connectivity index (χ1) is 14.5. The number of amides is 3. The molecule has 2 aromatic carbocycles. The molecule has 162 valence electrons. The molecule has 31 heavy (non-hydrogen) atoms. The molecule has 0 spiro atoms. The Morgan fingerprint density at radius 1 is 1.26 bits per heavy atom. The summed E-state index contributed by atoms with van der Waals surface area (Å²) < 4.78 is 5.76. The number of nitrogens with one attached hydrogen (secondary N) is 2. The topological polar surface area (TPSA) is 94.5 Å². The van der Waals surface area contributed by atoms with Gasteiger partial charge in [-0.25, -0.2) is 4.79 Å². The summed E-state index contributed by atoms with van der Waals surface area (Å²) in [6.07, 6.45) is -0.755. The molecule has 3 amide bonds. The van der Waals surface area contributed by atoms with Gasteiger partial charge in [0.15, 0.2) is 6.10 Å². The Kier molecular flexibility index (Phi) is 6.35. The van der Waals surface area contributed by atoms with Crippen LogP contribution in [0.2, 0.25) is 10.0 Å². The number of ether oxygens (including phenoxy) is 1. The minimum Gasteiger partial charge on any atom is -0.479 e. The fourth-order valence-electron chi connectivity index (χ4n) is 3.14. The summed E-state index contributed by atoms with van der Waals surface area (Å²) in [7, 11) is 0. The van der Waals surface area contributed by atoms with E-state index in [4.69, 9.17) is 27.9 Å². The Morgan fingerprint density at radius 2 is 1.97 bits per heavy atom. The summed E-state index contributed by atoms with van der Waals surface area (Å²) in [6, 6.07) is 9.69. The van der Waals surface area contributed by atoms with E-state index in [-0.39, 0.29) is 23.7 Å². The van der Waals surface area contributed by atoms with Gasteiger partial charge in [-0.1, -0.05) is 23.2 Å². The molecule has 1 aliphatic heterocycles. The number of benzene rings is 2. The average molecular weight is 461 g/mol. The van der Waals surface area contributed by atoms with Crippen LogP contribution in [0.5, 0.6) is 5.75 Å². The number of hydrogen-bond acceptors (Lipinski definition) is 4. The maximum atomic E-state index is 12.9. The van der Waals surface area contributed by atoms with Gasteiger partial charge in [-0.15, -0.1) is 0 Å². The van der Waals surface area contributed by atoms with Crippen molar-refractivity contribution in [1.29, 1.82) is 5.26 Å². The normalized spacial score (nSPS) is 15.6. The lowest BCUT2D eigenvalue weighted by Crippen LogP contribution is -2.44. The zero-order valence-corrected chi connectivity index (χ0v) is 19.1. The van der Waals surface area contributed by atoms with Crippen LogP contribution in [-0.2, 0) is 11.3 Å². The van der Waals surface area contributed by atoms with E-state index < -0.39 is 17.7 Å². The molecule has 9 heteroatoms. The van der Waals surface area contributed by atoms with E-state index in [2.05, 4.69) is 16.7 Å². The van der Waals surface area contributed by atoms with Crippen molar-refractivity contribution in [2.24, 2.45) is 0 Å². The molecule has 0 radical (unpaired) electrons. The van der Waals surface area contributed by atoms with E-state index in [1.807, 2.05) is 20.8 Å². The number of nitriles is 1. The predicted octanol–water partition coefficient (Wildman–Crippen LogP) is 5.10. The second-order valence-corrected chi connectivity index (χ2v) is 9.07. The molecule has 1 heterocycles. The van der Waals surface area contributed by atoms with Crippen molar-refractivity contribution in [1.82, 2.24) is 5.32 Å². The van der Waals surface area contributed by atoms with Crippen LogP contribution in [0.1, 0.15) is 38.8 Å². The van der Waals surface area contributed by atoms with E-state index in [0.29, 0.717) is 27.0 Å². The molecule has 7 nitrogen and oxygen atoms in total. The van der Waals surface area contributed by atoms with Crippen molar-refractivity contribution >= 4 is 46.5 Å². The monoisotopic (exact) mass is 460 g/mol. The molecule has 0 saturated heterocycles. The number of nitrogens with zero attached hydrogens (tertiary/aromatic N) is 2. The molecule has 3 rings (SSSR count). The van der Waals surface area contributed by atoms with Crippen LogP contribution in [0.4, 0.5) is 16.2 Å². The van der Waals surface area contributed by atoms with E-state index in [0.717, 1.165) is 0 Å². The molecule has 2 N–H and O–H groups in total. The highest BCUT2D eigenvalue weighted by Crippen LogP contribution is 2.39. The lowest BCUT2D eigenvalue weighted by Gasteiger charge is -2.34. The van der Waals surface area contributed by atoms with Crippen LogP contribution in [0.3, 0.4) is 0 Å². The molecular weight excluding hydrogens is 439 g/mol. The van der Waals surface area contributed by atoms with Crippen LogP contribution in [0, 0.1) is 11.3 Å². The second kappa shape index (κ2) is 8.66. The van der Waals surface area contributed by atoms with Crippen molar-refractivity contribution in [3.63, 3.8) is 0 Å². The molecule has 1 atom stereocenters. The number of fused-ring (bicyclic) bond motifs is 1. The Bertz CT molecular complexity index is 1090. The van der Waals surface area contributed by atoms with Crippen LogP contribution in [0.15, 0.2) is 30.3 Å². The molecular formula is C22H22Cl2N4O3. The summed E-state index contributed by atoms with van der Waals surface area (Å²) >= 11 is 12.4. The third-order valence-electron chi connectivity index (χ3n) is 4.50.